The summed E-state index contributed by atoms with van der Waals surface area (Å²) in [4.78, 5) is 12.8. The van der Waals surface area contributed by atoms with Crippen molar-refractivity contribution in [1.82, 2.24) is 10.2 Å². The Morgan fingerprint density at radius 3 is 2.77 bits per heavy atom. The molecule has 4 aromatic rings. The van der Waals surface area contributed by atoms with E-state index in [0.29, 0.717) is 22.5 Å². The Morgan fingerprint density at radius 1 is 1.04 bits per heavy atom. The fourth-order valence-corrected chi connectivity index (χ4v) is 2.81. The van der Waals surface area contributed by atoms with Crippen LogP contribution in [0.2, 0.25) is 0 Å². The molecule has 0 spiro atoms. The minimum atomic E-state index is -0.222. The Hall–Kier alpha value is -3.60. The molecule has 26 heavy (non-hydrogen) atoms. The Morgan fingerprint density at radius 2 is 1.88 bits per heavy atom. The molecule has 1 aromatic heterocycles. The van der Waals surface area contributed by atoms with E-state index in [9.17, 15) is 4.79 Å². The SMILES string of the molecule is Cc1cccc(Oc2ccccc2NC(=O)c2cccc3cn[nH]c23)c1. The Kier molecular flexibility index (Phi) is 4.11. The molecule has 0 saturated heterocycles. The van der Waals surface area contributed by atoms with Crippen molar-refractivity contribution >= 4 is 22.5 Å². The maximum Gasteiger partial charge on any atom is 0.257 e. The average Bonchev–Trinajstić information content (AvgIpc) is 3.12. The molecule has 0 unspecified atom stereocenters. The molecule has 3 aromatic carbocycles. The zero-order valence-electron chi connectivity index (χ0n) is 14.2. The van der Waals surface area contributed by atoms with Gasteiger partial charge in [-0.2, -0.15) is 5.10 Å². The quantitative estimate of drug-likeness (QED) is 0.553. The Labute approximate surface area is 150 Å². The maximum atomic E-state index is 12.8. The first-order valence-corrected chi connectivity index (χ1v) is 8.28. The molecule has 5 nitrogen and oxygen atoms in total. The third kappa shape index (κ3) is 3.15. The van der Waals surface area contributed by atoms with E-state index in [4.69, 9.17) is 4.74 Å². The van der Waals surface area contributed by atoms with Crippen molar-refractivity contribution in [3.05, 3.63) is 84.1 Å². The lowest BCUT2D eigenvalue weighted by Crippen LogP contribution is -2.13. The largest absolute Gasteiger partial charge is 0.455 e. The lowest BCUT2D eigenvalue weighted by Gasteiger charge is -2.13. The number of hydrogen-bond donors (Lipinski definition) is 2. The van der Waals surface area contributed by atoms with Gasteiger partial charge in [-0.1, -0.05) is 36.4 Å². The smallest absolute Gasteiger partial charge is 0.257 e. The maximum absolute atomic E-state index is 12.8. The van der Waals surface area contributed by atoms with Crippen LogP contribution >= 0.6 is 0 Å². The summed E-state index contributed by atoms with van der Waals surface area (Å²) in [6, 6.07) is 20.7. The molecule has 0 atom stereocenters. The number of nitrogens with one attached hydrogen (secondary N) is 2. The van der Waals surface area contributed by atoms with Gasteiger partial charge in [-0.05, 0) is 42.8 Å². The molecule has 0 saturated carbocycles. The number of benzene rings is 3. The summed E-state index contributed by atoms with van der Waals surface area (Å²) >= 11 is 0. The van der Waals surface area contributed by atoms with E-state index in [1.165, 1.54) is 0 Å². The molecule has 0 radical (unpaired) electrons. The van der Waals surface area contributed by atoms with Crippen LogP contribution in [0, 0.1) is 6.92 Å². The number of carbonyl (C=O) groups excluding carboxylic acids is 1. The second kappa shape index (κ2) is 6.72. The fourth-order valence-electron chi connectivity index (χ4n) is 2.81. The van der Waals surface area contributed by atoms with Crippen molar-refractivity contribution < 1.29 is 9.53 Å². The zero-order valence-corrected chi connectivity index (χ0v) is 14.2. The first kappa shape index (κ1) is 15.9. The lowest BCUT2D eigenvalue weighted by molar-refractivity contribution is 0.102. The van der Waals surface area contributed by atoms with Crippen molar-refractivity contribution in [2.24, 2.45) is 0 Å². The highest BCUT2D eigenvalue weighted by Crippen LogP contribution is 2.30. The average molecular weight is 343 g/mol. The van der Waals surface area contributed by atoms with E-state index in [1.54, 1.807) is 12.3 Å². The first-order chi connectivity index (χ1) is 12.7. The number of aromatic nitrogens is 2. The molecule has 2 N–H and O–H groups in total. The van der Waals surface area contributed by atoms with E-state index < -0.39 is 0 Å². The number of aryl methyl sites for hydroxylation is 1. The van der Waals surface area contributed by atoms with Crippen LogP contribution in [0.4, 0.5) is 5.69 Å². The van der Waals surface area contributed by atoms with Gasteiger partial charge >= 0.3 is 0 Å². The predicted octanol–water partition coefficient (Wildman–Crippen LogP) is 4.92. The third-order valence-electron chi connectivity index (χ3n) is 4.07. The number of nitrogens with zero attached hydrogens (tertiary/aromatic N) is 1. The van der Waals surface area contributed by atoms with Gasteiger partial charge in [0.25, 0.3) is 5.91 Å². The van der Waals surface area contributed by atoms with Crippen molar-refractivity contribution in [3.8, 4) is 11.5 Å². The van der Waals surface area contributed by atoms with Gasteiger partial charge in [0.05, 0.1) is 23.0 Å². The number of H-pyrrole nitrogens is 1. The summed E-state index contributed by atoms with van der Waals surface area (Å²) in [5.74, 6) is 1.09. The van der Waals surface area contributed by atoms with Gasteiger partial charge in [0.1, 0.15) is 5.75 Å². The summed E-state index contributed by atoms with van der Waals surface area (Å²) in [5, 5.41) is 10.7. The Balaban J connectivity index is 1.62. The molecule has 1 amide bonds. The predicted molar refractivity (Wildman–Crippen MR) is 102 cm³/mol. The topological polar surface area (TPSA) is 67.0 Å². The van der Waals surface area contributed by atoms with Crippen LogP contribution in [-0.2, 0) is 0 Å². The van der Waals surface area contributed by atoms with Crippen LogP contribution in [0.5, 0.6) is 11.5 Å². The number of anilines is 1. The van der Waals surface area contributed by atoms with E-state index in [1.807, 2.05) is 67.6 Å². The van der Waals surface area contributed by atoms with E-state index >= 15 is 0 Å². The molecule has 0 aliphatic rings. The van der Waals surface area contributed by atoms with Crippen LogP contribution < -0.4 is 10.1 Å². The molecule has 4 rings (SSSR count). The molecule has 1 heterocycles. The van der Waals surface area contributed by atoms with Crippen molar-refractivity contribution in [1.29, 1.82) is 0 Å². The molecule has 0 bridgehead atoms. The molecular weight excluding hydrogens is 326 g/mol. The summed E-state index contributed by atoms with van der Waals surface area (Å²) < 4.78 is 5.96. The van der Waals surface area contributed by atoms with Crippen molar-refractivity contribution in [2.75, 3.05) is 5.32 Å². The monoisotopic (exact) mass is 343 g/mol. The summed E-state index contributed by atoms with van der Waals surface area (Å²) in [5.41, 5.74) is 2.96. The van der Waals surface area contributed by atoms with Crippen LogP contribution in [0.25, 0.3) is 10.9 Å². The minimum absolute atomic E-state index is 0.222. The van der Waals surface area contributed by atoms with Gasteiger partial charge in [0, 0.05) is 5.39 Å². The highest BCUT2D eigenvalue weighted by Gasteiger charge is 2.14. The van der Waals surface area contributed by atoms with E-state index in [0.717, 1.165) is 16.7 Å². The van der Waals surface area contributed by atoms with Crippen LogP contribution in [0.3, 0.4) is 0 Å². The molecule has 5 heteroatoms. The minimum Gasteiger partial charge on any atom is -0.455 e. The summed E-state index contributed by atoms with van der Waals surface area (Å²) in [6.45, 7) is 2.01. The van der Waals surface area contributed by atoms with Crippen molar-refractivity contribution in [3.63, 3.8) is 0 Å². The number of ether oxygens (including phenoxy) is 1. The number of rotatable bonds is 4. The Bertz CT molecular complexity index is 1090. The van der Waals surface area contributed by atoms with E-state index in [2.05, 4.69) is 15.5 Å². The summed E-state index contributed by atoms with van der Waals surface area (Å²) in [7, 11) is 0. The summed E-state index contributed by atoms with van der Waals surface area (Å²) in [6.07, 6.45) is 1.70. The number of amides is 1. The molecule has 0 aliphatic heterocycles. The number of para-hydroxylation sites is 3. The standard InChI is InChI=1S/C21H17N3O2/c1-14-6-4-8-16(12-14)26-19-11-3-2-10-18(19)23-21(25)17-9-5-7-15-13-22-24-20(15)17/h2-13H,1H3,(H,22,24)(H,23,25). The molecular formula is C21H17N3O2. The van der Waals surface area contributed by atoms with Gasteiger partial charge in [-0.25, -0.2) is 0 Å². The molecule has 128 valence electrons. The molecule has 0 aliphatic carbocycles. The van der Waals surface area contributed by atoms with Gasteiger partial charge in [-0.15, -0.1) is 0 Å². The second-order valence-electron chi connectivity index (χ2n) is 6.01. The van der Waals surface area contributed by atoms with Gasteiger partial charge < -0.3 is 10.1 Å². The number of carbonyl (C=O) groups is 1. The van der Waals surface area contributed by atoms with Gasteiger partial charge in [0.15, 0.2) is 5.75 Å². The molecule has 0 fully saturated rings. The normalized spacial score (nSPS) is 10.7. The lowest BCUT2D eigenvalue weighted by atomic mass is 10.1. The van der Waals surface area contributed by atoms with Crippen LogP contribution in [0.15, 0.2) is 72.9 Å². The van der Waals surface area contributed by atoms with Crippen molar-refractivity contribution in [2.45, 2.75) is 6.92 Å². The first-order valence-electron chi connectivity index (χ1n) is 8.28. The van der Waals surface area contributed by atoms with Crippen LogP contribution in [0.1, 0.15) is 15.9 Å². The number of hydrogen-bond acceptors (Lipinski definition) is 3. The number of fused-ring (bicyclic) bond motifs is 1. The van der Waals surface area contributed by atoms with E-state index in [-0.39, 0.29) is 5.91 Å². The highest BCUT2D eigenvalue weighted by atomic mass is 16.5. The highest BCUT2D eigenvalue weighted by molar-refractivity contribution is 6.12. The van der Waals surface area contributed by atoms with Gasteiger partial charge in [0.2, 0.25) is 0 Å². The third-order valence-corrected chi connectivity index (χ3v) is 4.07. The van der Waals surface area contributed by atoms with Gasteiger partial charge in [-0.3, -0.25) is 9.89 Å². The number of aromatic amines is 1. The zero-order chi connectivity index (χ0) is 17.9. The second-order valence-corrected chi connectivity index (χ2v) is 6.01. The van der Waals surface area contributed by atoms with Crippen LogP contribution in [-0.4, -0.2) is 16.1 Å². The fraction of sp³-hybridized carbons (Fsp3) is 0.0476.